The monoisotopic (exact) mass is 452 g/mol. The van der Waals surface area contributed by atoms with Crippen LogP contribution in [0.2, 0.25) is 0 Å². The molecule has 0 bridgehead atoms. The third-order valence-electron chi connectivity index (χ3n) is 4.78. The summed E-state index contributed by atoms with van der Waals surface area (Å²) >= 11 is 0. The maximum atomic E-state index is 12.3. The molecule has 2 N–H and O–H groups in total. The van der Waals surface area contributed by atoms with E-state index in [1.165, 1.54) is 12.7 Å². The second kappa shape index (κ2) is 11.8. The fraction of sp³-hybridized carbons (Fsp3) is 0.333. The highest BCUT2D eigenvalue weighted by molar-refractivity contribution is 5.92. The van der Waals surface area contributed by atoms with Crippen LogP contribution in [-0.2, 0) is 20.7 Å². The summed E-state index contributed by atoms with van der Waals surface area (Å²) < 4.78 is 15.1. The number of benzene rings is 2. The van der Waals surface area contributed by atoms with Gasteiger partial charge in [0.05, 0.1) is 6.61 Å². The number of carbonyl (C=O) groups is 2. The number of hydrogen-bond acceptors (Lipinski definition) is 7. The Morgan fingerprint density at radius 1 is 1.03 bits per heavy atom. The zero-order chi connectivity index (χ0) is 23.6. The van der Waals surface area contributed by atoms with E-state index in [-0.39, 0.29) is 18.9 Å². The number of aromatic nitrogens is 2. The van der Waals surface area contributed by atoms with Gasteiger partial charge in [0, 0.05) is 36.9 Å². The van der Waals surface area contributed by atoms with Gasteiger partial charge in [-0.2, -0.15) is 4.98 Å². The fourth-order valence-electron chi connectivity index (χ4n) is 2.98. The minimum Gasteiger partial charge on any atom is -0.447 e. The van der Waals surface area contributed by atoms with Crippen LogP contribution in [0.15, 0.2) is 53.1 Å². The molecule has 9 nitrogen and oxygen atoms in total. The summed E-state index contributed by atoms with van der Waals surface area (Å²) in [7, 11) is 1.52. The normalized spacial score (nSPS) is 10.8. The van der Waals surface area contributed by atoms with Gasteiger partial charge < -0.3 is 19.3 Å². The highest BCUT2D eigenvalue weighted by Gasteiger charge is 2.12. The molecule has 1 heterocycles. The first-order chi connectivity index (χ1) is 15.9. The predicted molar refractivity (Wildman–Crippen MR) is 124 cm³/mol. The van der Waals surface area contributed by atoms with Gasteiger partial charge in [0.1, 0.15) is 6.61 Å². The molecule has 0 atom stereocenters. The molecular weight excluding hydrogens is 424 g/mol. The highest BCUT2D eigenvalue weighted by Crippen LogP contribution is 2.21. The number of hydrogen-bond donors (Lipinski definition) is 2. The fourth-order valence-corrected chi connectivity index (χ4v) is 2.98. The van der Waals surface area contributed by atoms with E-state index in [1.807, 2.05) is 24.3 Å². The van der Waals surface area contributed by atoms with Crippen molar-refractivity contribution in [1.82, 2.24) is 10.1 Å². The van der Waals surface area contributed by atoms with Gasteiger partial charge in [0.15, 0.2) is 0 Å². The van der Waals surface area contributed by atoms with Crippen molar-refractivity contribution >= 4 is 23.4 Å². The zero-order valence-electron chi connectivity index (χ0n) is 19.0. The molecule has 2 amide bonds. The van der Waals surface area contributed by atoms with Gasteiger partial charge >= 0.3 is 6.09 Å². The van der Waals surface area contributed by atoms with Gasteiger partial charge in [0.2, 0.25) is 17.6 Å². The van der Waals surface area contributed by atoms with Crippen LogP contribution in [0.25, 0.3) is 11.4 Å². The Balaban J connectivity index is 1.49. The smallest absolute Gasteiger partial charge is 0.411 e. The summed E-state index contributed by atoms with van der Waals surface area (Å²) in [5.74, 6) is 1.12. The van der Waals surface area contributed by atoms with Gasteiger partial charge in [-0.1, -0.05) is 49.3 Å². The molecule has 3 rings (SSSR count). The molecule has 0 spiro atoms. The summed E-state index contributed by atoms with van der Waals surface area (Å²) in [5.41, 5.74) is 3.15. The van der Waals surface area contributed by atoms with Gasteiger partial charge in [-0.25, -0.2) is 4.79 Å². The van der Waals surface area contributed by atoms with Gasteiger partial charge in [0.25, 0.3) is 0 Å². The summed E-state index contributed by atoms with van der Waals surface area (Å²) in [6, 6.07) is 14.8. The summed E-state index contributed by atoms with van der Waals surface area (Å²) in [6.45, 7) is 4.74. The van der Waals surface area contributed by atoms with Crippen LogP contribution in [0.5, 0.6) is 0 Å². The van der Waals surface area contributed by atoms with E-state index in [9.17, 15) is 9.59 Å². The second-order valence-corrected chi connectivity index (χ2v) is 7.67. The van der Waals surface area contributed by atoms with Crippen molar-refractivity contribution in [2.75, 3.05) is 31.0 Å². The van der Waals surface area contributed by atoms with Gasteiger partial charge in [-0.3, -0.25) is 10.1 Å². The molecule has 174 valence electrons. The van der Waals surface area contributed by atoms with Crippen molar-refractivity contribution in [2.45, 2.75) is 32.6 Å². The molecule has 0 saturated heterocycles. The lowest BCUT2D eigenvalue weighted by molar-refractivity contribution is -0.116. The van der Waals surface area contributed by atoms with Crippen LogP contribution in [0, 0.1) is 0 Å². The first-order valence-electron chi connectivity index (χ1n) is 10.7. The number of carbonyl (C=O) groups excluding carboxylic acids is 2. The second-order valence-electron chi connectivity index (χ2n) is 7.67. The first kappa shape index (κ1) is 23.9. The van der Waals surface area contributed by atoms with Crippen molar-refractivity contribution in [1.29, 1.82) is 0 Å². The summed E-state index contributed by atoms with van der Waals surface area (Å²) in [6.07, 6.45) is -0.112. The first-order valence-corrected chi connectivity index (χ1v) is 10.7. The van der Waals surface area contributed by atoms with E-state index in [0.717, 1.165) is 5.56 Å². The van der Waals surface area contributed by atoms with E-state index in [4.69, 9.17) is 14.0 Å². The number of methoxy groups -OCH3 is 1. The molecule has 0 radical (unpaired) electrons. The lowest BCUT2D eigenvalue weighted by Gasteiger charge is -2.09. The number of anilines is 2. The minimum absolute atomic E-state index is 0.152. The lowest BCUT2D eigenvalue weighted by atomic mass is 10.0. The Kier molecular flexibility index (Phi) is 8.54. The number of amides is 2. The maximum absolute atomic E-state index is 12.3. The Hall–Kier alpha value is -3.72. The quantitative estimate of drug-likeness (QED) is 0.431. The van der Waals surface area contributed by atoms with Crippen LogP contribution < -0.4 is 10.6 Å². The van der Waals surface area contributed by atoms with E-state index in [1.54, 1.807) is 24.3 Å². The molecule has 0 aliphatic carbocycles. The van der Waals surface area contributed by atoms with Gasteiger partial charge in [-0.15, -0.1) is 0 Å². The van der Waals surface area contributed by atoms with E-state index in [2.05, 4.69) is 34.6 Å². The Morgan fingerprint density at radius 3 is 2.45 bits per heavy atom. The maximum Gasteiger partial charge on any atom is 0.411 e. The molecule has 3 aromatic rings. The molecule has 9 heteroatoms. The predicted octanol–water partition coefficient (Wildman–Crippen LogP) is 4.63. The molecule has 0 fully saturated rings. The third-order valence-corrected chi connectivity index (χ3v) is 4.78. The standard InChI is InChI=1S/C24H28N4O5/c1-16(2)17-7-9-18(10-8-17)23-27-22(33-28-23)12-11-21(29)25-19-5-4-6-20(15-19)26-24(30)32-14-13-31-3/h4-10,15-16H,11-14H2,1-3H3,(H,25,29)(H,26,30). The average molecular weight is 453 g/mol. The number of nitrogens with zero attached hydrogens (tertiary/aromatic N) is 2. The summed E-state index contributed by atoms with van der Waals surface area (Å²) in [5, 5.41) is 9.40. The molecule has 33 heavy (non-hydrogen) atoms. The minimum atomic E-state index is -0.596. The Morgan fingerprint density at radius 2 is 1.76 bits per heavy atom. The van der Waals surface area contributed by atoms with E-state index < -0.39 is 6.09 Å². The molecule has 0 unspecified atom stereocenters. The van der Waals surface area contributed by atoms with Crippen LogP contribution in [0.4, 0.5) is 16.2 Å². The number of rotatable bonds is 10. The van der Waals surface area contributed by atoms with Crippen molar-refractivity contribution < 1.29 is 23.6 Å². The molecule has 2 aromatic carbocycles. The van der Waals surface area contributed by atoms with Crippen molar-refractivity contribution in [3.05, 3.63) is 60.0 Å². The van der Waals surface area contributed by atoms with E-state index >= 15 is 0 Å². The van der Waals surface area contributed by atoms with Crippen LogP contribution in [0.1, 0.15) is 37.6 Å². The highest BCUT2D eigenvalue weighted by atomic mass is 16.6. The van der Waals surface area contributed by atoms with Crippen LogP contribution >= 0.6 is 0 Å². The van der Waals surface area contributed by atoms with Crippen molar-refractivity contribution in [3.8, 4) is 11.4 Å². The van der Waals surface area contributed by atoms with Crippen LogP contribution in [0.3, 0.4) is 0 Å². The number of ether oxygens (including phenoxy) is 2. The average Bonchev–Trinajstić information content (AvgIpc) is 3.27. The lowest BCUT2D eigenvalue weighted by Crippen LogP contribution is -2.17. The SMILES string of the molecule is COCCOC(=O)Nc1cccc(NC(=O)CCc2nc(-c3ccc(C(C)C)cc3)no2)c1. The topological polar surface area (TPSA) is 116 Å². The van der Waals surface area contributed by atoms with Crippen LogP contribution in [-0.4, -0.2) is 42.5 Å². The van der Waals surface area contributed by atoms with Crippen molar-refractivity contribution in [3.63, 3.8) is 0 Å². The molecule has 0 aliphatic heterocycles. The largest absolute Gasteiger partial charge is 0.447 e. The van der Waals surface area contributed by atoms with Gasteiger partial charge in [-0.05, 0) is 29.7 Å². The Bertz CT molecular complexity index is 1060. The third kappa shape index (κ3) is 7.43. The Labute approximate surface area is 192 Å². The molecular formula is C24H28N4O5. The molecule has 0 saturated carbocycles. The van der Waals surface area contributed by atoms with Crippen molar-refractivity contribution in [2.24, 2.45) is 0 Å². The van der Waals surface area contributed by atoms with E-state index in [0.29, 0.717) is 42.0 Å². The number of nitrogens with one attached hydrogen (secondary N) is 2. The molecule has 0 aliphatic rings. The molecule has 1 aromatic heterocycles. The number of aryl methyl sites for hydroxylation is 1. The summed E-state index contributed by atoms with van der Waals surface area (Å²) in [4.78, 5) is 28.5. The zero-order valence-corrected chi connectivity index (χ0v) is 19.0.